The maximum atomic E-state index is 13.0. The number of benzene rings is 2. The molecule has 154 valence electrons. The van der Waals surface area contributed by atoms with Gasteiger partial charge in [0.15, 0.2) is 17.3 Å². The summed E-state index contributed by atoms with van der Waals surface area (Å²) in [5.41, 5.74) is 0.892. The van der Waals surface area contributed by atoms with E-state index in [9.17, 15) is 12.8 Å². The van der Waals surface area contributed by atoms with E-state index < -0.39 is 10.0 Å². The third-order valence-corrected chi connectivity index (χ3v) is 5.63. The van der Waals surface area contributed by atoms with Crippen molar-refractivity contribution in [3.63, 3.8) is 0 Å². The van der Waals surface area contributed by atoms with E-state index in [0.717, 1.165) is 5.56 Å². The number of hydrogen-bond acceptors (Lipinski definition) is 6. The Balaban J connectivity index is 1.58. The number of aromatic amines is 1. The molecule has 0 aliphatic rings. The van der Waals surface area contributed by atoms with E-state index in [-0.39, 0.29) is 17.3 Å². The molecule has 10 heteroatoms. The summed E-state index contributed by atoms with van der Waals surface area (Å²) >= 11 is 0. The van der Waals surface area contributed by atoms with E-state index in [0.29, 0.717) is 36.0 Å². The van der Waals surface area contributed by atoms with Crippen LogP contribution >= 0.6 is 0 Å². The molecule has 0 saturated heterocycles. The van der Waals surface area contributed by atoms with Gasteiger partial charge in [-0.3, -0.25) is 5.10 Å². The topological polar surface area (TPSA) is 106 Å². The van der Waals surface area contributed by atoms with Gasteiger partial charge in [-0.1, -0.05) is 12.1 Å². The highest BCUT2D eigenvalue weighted by atomic mass is 32.2. The molecule has 1 heterocycles. The highest BCUT2D eigenvalue weighted by Gasteiger charge is 2.17. The molecule has 0 fully saturated rings. The zero-order valence-electron chi connectivity index (χ0n) is 16.0. The Hall–Kier alpha value is -2.98. The largest absolute Gasteiger partial charge is 0.493 e. The molecule has 0 radical (unpaired) electrons. The van der Waals surface area contributed by atoms with Gasteiger partial charge in [0.2, 0.25) is 10.0 Å². The molecule has 1 aromatic heterocycles. The van der Waals surface area contributed by atoms with Gasteiger partial charge >= 0.3 is 0 Å². The molecular weight excluding hydrogens is 399 g/mol. The number of halogens is 1. The number of H-pyrrole nitrogens is 1. The number of sulfonamides is 1. The van der Waals surface area contributed by atoms with Crippen LogP contribution in [0.2, 0.25) is 0 Å². The second kappa shape index (κ2) is 9.01. The monoisotopic (exact) mass is 420 g/mol. The van der Waals surface area contributed by atoms with Crippen molar-refractivity contribution >= 4 is 10.0 Å². The van der Waals surface area contributed by atoms with E-state index in [1.54, 1.807) is 12.1 Å². The Bertz CT molecular complexity index is 1070. The third kappa shape index (κ3) is 5.30. The Morgan fingerprint density at radius 3 is 2.48 bits per heavy atom. The Morgan fingerprint density at radius 2 is 1.79 bits per heavy atom. The lowest BCUT2D eigenvalue weighted by molar-refractivity contribution is 0.354. The molecule has 0 bridgehead atoms. The van der Waals surface area contributed by atoms with Crippen molar-refractivity contribution in [2.75, 3.05) is 20.8 Å². The molecule has 0 atom stereocenters. The summed E-state index contributed by atoms with van der Waals surface area (Å²) in [6.45, 7) is 0.129. The zero-order valence-corrected chi connectivity index (χ0v) is 16.8. The normalized spacial score (nSPS) is 11.4. The van der Waals surface area contributed by atoms with Gasteiger partial charge in [0, 0.05) is 25.5 Å². The average molecular weight is 420 g/mol. The first-order chi connectivity index (χ1) is 13.9. The first-order valence-corrected chi connectivity index (χ1v) is 10.3. The number of hydrogen-bond donors (Lipinski definition) is 2. The Labute approximate surface area is 168 Å². The third-order valence-electron chi connectivity index (χ3n) is 4.17. The highest BCUT2D eigenvalue weighted by molar-refractivity contribution is 7.89. The standard InChI is InChI=1S/C19H21FN4O4S/c1-27-16-8-7-15(12-17(16)28-2)29(25,26)21-10-9-18-22-19(24-23-18)11-13-3-5-14(20)6-4-13/h3-8,12,21H,9-11H2,1-2H3,(H,22,23,24). The van der Waals surface area contributed by atoms with Crippen LogP contribution in [0, 0.1) is 5.82 Å². The fraction of sp³-hybridized carbons (Fsp3) is 0.263. The van der Waals surface area contributed by atoms with Gasteiger partial charge in [-0.05, 0) is 29.8 Å². The molecule has 0 unspecified atom stereocenters. The maximum Gasteiger partial charge on any atom is 0.240 e. The van der Waals surface area contributed by atoms with Crippen LogP contribution in [0.5, 0.6) is 11.5 Å². The number of rotatable bonds is 9. The lowest BCUT2D eigenvalue weighted by atomic mass is 10.1. The van der Waals surface area contributed by atoms with Crippen molar-refractivity contribution in [1.82, 2.24) is 19.9 Å². The first-order valence-electron chi connectivity index (χ1n) is 8.77. The van der Waals surface area contributed by atoms with Crippen LogP contribution in [0.3, 0.4) is 0 Å². The second-order valence-corrected chi connectivity index (χ2v) is 7.93. The molecular formula is C19H21FN4O4S. The maximum absolute atomic E-state index is 13.0. The molecule has 8 nitrogen and oxygen atoms in total. The van der Waals surface area contributed by atoms with Gasteiger partial charge in [0.25, 0.3) is 0 Å². The Kier molecular flexibility index (Phi) is 6.45. The molecule has 0 aliphatic heterocycles. The van der Waals surface area contributed by atoms with E-state index in [2.05, 4.69) is 19.9 Å². The van der Waals surface area contributed by atoms with Gasteiger partial charge in [0.05, 0.1) is 19.1 Å². The van der Waals surface area contributed by atoms with E-state index in [1.807, 2.05) is 0 Å². The smallest absolute Gasteiger partial charge is 0.240 e. The molecule has 2 aromatic carbocycles. The van der Waals surface area contributed by atoms with Gasteiger partial charge in [0.1, 0.15) is 11.6 Å². The zero-order chi connectivity index (χ0) is 20.9. The van der Waals surface area contributed by atoms with Crippen molar-refractivity contribution in [2.45, 2.75) is 17.7 Å². The van der Waals surface area contributed by atoms with Crippen molar-refractivity contribution in [3.8, 4) is 11.5 Å². The predicted molar refractivity (Wildman–Crippen MR) is 104 cm³/mol. The van der Waals surface area contributed by atoms with Crippen LogP contribution in [-0.4, -0.2) is 44.4 Å². The minimum atomic E-state index is -3.72. The van der Waals surface area contributed by atoms with Crippen LogP contribution < -0.4 is 14.2 Å². The predicted octanol–water partition coefficient (Wildman–Crippen LogP) is 2.07. The average Bonchev–Trinajstić information content (AvgIpc) is 3.16. The number of ether oxygens (including phenoxy) is 2. The van der Waals surface area contributed by atoms with Crippen LogP contribution in [0.4, 0.5) is 4.39 Å². The van der Waals surface area contributed by atoms with Gasteiger partial charge in [-0.15, -0.1) is 0 Å². The minimum Gasteiger partial charge on any atom is -0.493 e. The lowest BCUT2D eigenvalue weighted by Crippen LogP contribution is -2.26. The molecule has 29 heavy (non-hydrogen) atoms. The van der Waals surface area contributed by atoms with E-state index in [4.69, 9.17) is 9.47 Å². The second-order valence-electron chi connectivity index (χ2n) is 6.17. The van der Waals surface area contributed by atoms with Crippen molar-refractivity contribution < 1.29 is 22.3 Å². The summed E-state index contributed by atoms with van der Waals surface area (Å²) < 4.78 is 50.7. The first kappa shape index (κ1) is 20.7. The summed E-state index contributed by atoms with van der Waals surface area (Å²) in [5.74, 6) is 1.58. The summed E-state index contributed by atoms with van der Waals surface area (Å²) in [6, 6.07) is 10.5. The molecule has 0 amide bonds. The fourth-order valence-electron chi connectivity index (χ4n) is 2.69. The molecule has 2 N–H and O–H groups in total. The van der Waals surface area contributed by atoms with Gasteiger partial charge < -0.3 is 9.47 Å². The van der Waals surface area contributed by atoms with Crippen molar-refractivity contribution in [2.24, 2.45) is 0 Å². The number of methoxy groups -OCH3 is 2. The minimum absolute atomic E-state index is 0.0714. The van der Waals surface area contributed by atoms with Crippen molar-refractivity contribution in [3.05, 3.63) is 65.5 Å². The van der Waals surface area contributed by atoms with E-state index in [1.165, 1.54) is 44.6 Å². The van der Waals surface area contributed by atoms with E-state index >= 15 is 0 Å². The number of nitrogens with zero attached hydrogens (tertiary/aromatic N) is 2. The SMILES string of the molecule is COc1ccc(S(=O)(=O)NCCc2n[nH]c(Cc3ccc(F)cc3)n2)cc1OC. The summed E-state index contributed by atoms with van der Waals surface area (Å²) in [7, 11) is -0.804. The van der Waals surface area contributed by atoms with Crippen LogP contribution in [-0.2, 0) is 22.9 Å². The summed E-state index contributed by atoms with van der Waals surface area (Å²) in [6.07, 6.45) is 0.789. The molecule has 0 aliphatic carbocycles. The molecule has 3 aromatic rings. The fourth-order valence-corrected chi connectivity index (χ4v) is 3.73. The molecule has 0 spiro atoms. The Morgan fingerprint density at radius 1 is 1.07 bits per heavy atom. The number of aromatic nitrogens is 3. The van der Waals surface area contributed by atoms with Crippen LogP contribution in [0.1, 0.15) is 17.2 Å². The lowest BCUT2D eigenvalue weighted by Gasteiger charge is -2.10. The van der Waals surface area contributed by atoms with Crippen LogP contribution in [0.15, 0.2) is 47.4 Å². The quantitative estimate of drug-likeness (QED) is 0.549. The highest BCUT2D eigenvalue weighted by Crippen LogP contribution is 2.29. The number of nitrogens with one attached hydrogen (secondary N) is 2. The summed E-state index contributed by atoms with van der Waals surface area (Å²) in [5, 5.41) is 6.90. The van der Waals surface area contributed by atoms with Crippen LogP contribution in [0.25, 0.3) is 0 Å². The summed E-state index contributed by atoms with van der Waals surface area (Å²) in [4.78, 5) is 4.41. The van der Waals surface area contributed by atoms with Gasteiger partial charge in [-0.2, -0.15) is 5.10 Å². The molecule has 0 saturated carbocycles. The van der Waals surface area contributed by atoms with Crippen molar-refractivity contribution in [1.29, 1.82) is 0 Å². The van der Waals surface area contributed by atoms with Gasteiger partial charge in [-0.25, -0.2) is 22.5 Å². The molecule has 3 rings (SSSR count).